The van der Waals surface area contributed by atoms with Crippen LogP contribution in [0.4, 0.5) is 5.69 Å². The molecular formula is C29H33BrClN3O4S. The number of hydrogen-bond acceptors (Lipinski definition) is 4. The molecule has 208 valence electrons. The minimum atomic E-state index is -3.85. The van der Waals surface area contributed by atoms with Gasteiger partial charge in [-0.2, -0.15) is 0 Å². The molecule has 2 amide bonds. The summed E-state index contributed by atoms with van der Waals surface area (Å²) in [6.45, 7) is 4.06. The molecule has 0 aliphatic rings. The highest BCUT2D eigenvalue weighted by molar-refractivity contribution is 9.10. The molecule has 1 unspecified atom stereocenters. The summed E-state index contributed by atoms with van der Waals surface area (Å²) in [7, 11) is -3.85. The maximum atomic E-state index is 14.0. The molecule has 1 atom stereocenters. The second-order valence-corrected chi connectivity index (χ2v) is 13.0. The van der Waals surface area contributed by atoms with Crippen molar-refractivity contribution in [2.24, 2.45) is 5.92 Å². The average molecular weight is 635 g/mol. The van der Waals surface area contributed by atoms with Gasteiger partial charge in [0.25, 0.3) is 0 Å². The first-order chi connectivity index (χ1) is 18.4. The number of hydrogen-bond donors (Lipinski definition) is 1. The highest BCUT2D eigenvalue weighted by Crippen LogP contribution is 2.23. The summed E-state index contributed by atoms with van der Waals surface area (Å²) >= 11 is 9.56. The van der Waals surface area contributed by atoms with Crippen LogP contribution in [0.15, 0.2) is 83.3 Å². The summed E-state index contributed by atoms with van der Waals surface area (Å²) in [6.07, 6.45) is 1.31. The van der Waals surface area contributed by atoms with E-state index in [1.165, 1.54) is 11.0 Å². The Bertz CT molecular complexity index is 1370. The second-order valence-electron chi connectivity index (χ2n) is 9.74. The molecular weight excluding hydrogens is 602 g/mol. The first kappa shape index (κ1) is 30.7. The van der Waals surface area contributed by atoms with Gasteiger partial charge in [0, 0.05) is 29.0 Å². The molecule has 3 rings (SSSR count). The molecule has 3 aromatic carbocycles. The average Bonchev–Trinajstić information content (AvgIpc) is 2.88. The number of amides is 2. The van der Waals surface area contributed by atoms with Crippen molar-refractivity contribution in [1.82, 2.24) is 10.2 Å². The SMILES string of the molecule is CC(C)CNC(=O)C(Cc1ccccc1)N(Cc1ccc(Br)cc1)C(=O)CN(c1cccc(Cl)c1)S(C)(=O)=O. The molecule has 7 nitrogen and oxygen atoms in total. The summed E-state index contributed by atoms with van der Waals surface area (Å²) < 4.78 is 27.5. The zero-order valence-electron chi connectivity index (χ0n) is 22.2. The van der Waals surface area contributed by atoms with E-state index in [-0.39, 0.29) is 30.5 Å². The third-order valence-corrected chi connectivity index (χ3v) is 7.90. The van der Waals surface area contributed by atoms with Gasteiger partial charge in [-0.3, -0.25) is 13.9 Å². The van der Waals surface area contributed by atoms with Gasteiger partial charge in [0.1, 0.15) is 12.6 Å². The van der Waals surface area contributed by atoms with Gasteiger partial charge >= 0.3 is 0 Å². The largest absolute Gasteiger partial charge is 0.354 e. The van der Waals surface area contributed by atoms with Crippen molar-refractivity contribution >= 4 is 55.1 Å². The van der Waals surface area contributed by atoms with E-state index in [1.807, 2.05) is 68.4 Å². The van der Waals surface area contributed by atoms with Crippen LogP contribution in [0.3, 0.4) is 0 Å². The van der Waals surface area contributed by atoms with Gasteiger partial charge in [-0.15, -0.1) is 0 Å². The standard InChI is InChI=1S/C29H33BrClN3O4S/c1-21(2)18-32-29(36)27(16-22-8-5-4-6-9-22)33(19-23-12-14-24(30)15-13-23)28(35)20-34(39(3,37)38)26-11-7-10-25(31)17-26/h4-15,17,21,27H,16,18-20H2,1-3H3,(H,32,36). The van der Waals surface area contributed by atoms with Gasteiger partial charge in [-0.25, -0.2) is 8.42 Å². The first-order valence-corrected chi connectivity index (χ1v) is 15.5. The lowest BCUT2D eigenvalue weighted by molar-refractivity contribution is -0.140. The number of anilines is 1. The number of nitrogens with one attached hydrogen (secondary N) is 1. The molecule has 0 aliphatic carbocycles. The van der Waals surface area contributed by atoms with Crippen molar-refractivity contribution in [3.63, 3.8) is 0 Å². The first-order valence-electron chi connectivity index (χ1n) is 12.5. The Balaban J connectivity index is 2.04. The third kappa shape index (κ3) is 9.37. The van der Waals surface area contributed by atoms with Crippen molar-refractivity contribution in [1.29, 1.82) is 0 Å². The van der Waals surface area contributed by atoms with E-state index in [9.17, 15) is 18.0 Å². The number of carbonyl (C=O) groups excluding carboxylic acids is 2. The van der Waals surface area contributed by atoms with E-state index >= 15 is 0 Å². The second kappa shape index (κ2) is 14.0. The van der Waals surface area contributed by atoms with Gasteiger partial charge in [-0.05, 0) is 47.4 Å². The van der Waals surface area contributed by atoms with E-state index in [2.05, 4.69) is 21.2 Å². The number of carbonyl (C=O) groups is 2. The van der Waals surface area contributed by atoms with Crippen LogP contribution in [0.1, 0.15) is 25.0 Å². The Hall–Kier alpha value is -2.88. The summed E-state index contributed by atoms with van der Waals surface area (Å²) in [5.74, 6) is -0.596. The minimum Gasteiger partial charge on any atom is -0.354 e. The van der Waals surface area contributed by atoms with Crippen LogP contribution in [0.5, 0.6) is 0 Å². The molecule has 0 saturated carbocycles. The normalized spacial score (nSPS) is 12.2. The van der Waals surface area contributed by atoms with Crippen LogP contribution >= 0.6 is 27.5 Å². The van der Waals surface area contributed by atoms with Crippen molar-refractivity contribution in [2.45, 2.75) is 32.9 Å². The lowest BCUT2D eigenvalue weighted by Gasteiger charge is -2.33. The predicted molar refractivity (Wildman–Crippen MR) is 160 cm³/mol. The monoisotopic (exact) mass is 633 g/mol. The van der Waals surface area contributed by atoms with Crippen LogP contribution in [0.25, 0.3) is 0 Å². The smallest absolute Gasteiger partial charge is 0.244 e. The molecule has 10 heteroatoms. The van der Waals surface area contributed by atoms with Gasteiger partial charge in [0.15, 0.2) is 0 Å². The van der Waals surface area contributed by atoms with Crippen LogP contribution in [0, 0.1) is 5.92 Å². The van der Waals surface area contributed by atoms with Crippen molar-refractivity contribution in [3.8, 4) is 0 Å². The number of halogens is 2. The minimum absolute atomic E-state index is 0.117. The van der Waals surface area contributed by atoms with Gasteiger partial charge < -0.3 is 10.2 Å². The Morgan fingerprint density at radius 3 is 2.21 bits per heavy atom. The van der Waals surface area contributed by atoms with E-state index in [1.54, 1.807) is 18.2 Å². The molecule has 0 fully saturated rings. The molecule has 0 saturated heterocycles. The molecule has 39 heavy (non-hydrogen) atoms. The fourth-order valence-corrected chi connectivity index (χ4v) is 5.30. The van der Waals surface area contributed by atoms with Crippen LogP contribution in [0.2, 0.25) is 5.02 Å². The molecule has 0 aromatic heterocycles. The predicted octanol–water partition coefficient (Wildman–Crippen LogP) is 5.28. The van der Waals surface area contributed by atoms with Gasteiger partial charge in [-0.1, -0.05) is 89.9 Å². The lowest BCUT2D eigenvalue weighted by atomic mass is 10.0. The molecule has 0 spiro atoms. The Morgan fingerprint density at radius 2 is 1.62 bits per heavy atom. The zero-order valence-corrected chi connectivity index (χ0v) is 25.3. The van der Waals surface area contributed by atoms with Crippen molar-refractivity contribution in [3.05, 3.63) is 99.5 Å². The summed E-state index contributed by atoms with van der Waals surface area (Å²) in [4.78, 5) is 29.0. The van der Waals surface area contributed by atoms with Crippen molar-refractivity contribution in [2.75, 3.05) is 23.7 Å². The van der Waals surface area contributed by atoms with E-state index in [0.717, 1.165) is 26.2 Å². The van der Waals surface area contributed by atoms with Crippen LogP contribution in [-0.4, -0.2) is 50.5 Å². The van der Waals surface area contributed by atoms with Crippen LogP contribution in [-0.2, 0) is 32.6 Å². The molecule has 0 aliphatic heterocycles. The molecule has 0 bridgehead atoms. The molecule has 1 N–H and O–H groups in total. The Kier molecular flexibility index (Phi) is 11.0. The third-order valence-electron chi connectivity index (χ3n) is 6.00. The summed E-state index contributed by atoms with van der Waals surface area (Å²) in [6, 6.07) is 22.3. The van der Waals surface area contributed by atoms with Gasteiger partial charge in [0.05, 0.1) is 11.9 Å². The maximum Gasteiger partial charge on any atom is 0.244 e. The fraction of sp³-hybridized carbons (Fsp3) is 0.310. The van der Waals surface area contributed by atoms with E-state index in [0.29, 0.717) is 11.6 Å². The van der Waals surface area contributed by atoms with Crippen molar-refractivity contribution < 1.29 is 18.0 Å². The fourth-order valence-electron chi connectivity index (χ4n) is 4.01. The van der Waals surface area contributed by atoms with Crippen LogP contribution < -0.4 is 9.62 Å². The Morgan fingerprint density at radius 1 is 0.949 bits per heavy atom. The topological polar surface area (TPSA) is 86.8 Å². The summed E-state index contributed by atoms with van der Waals surface area (Å²) in [5, 5.41) is 3.31. The highest BCUT2D eigenvalue weighted by atomic mass is 79.9. The number of nitrogens with zero attached hydrogens (tertiary/aromatic N) is 2. The lowest BCUT2D eigenvalue weighted by Crippen LogP contribution is -2.53. The van der Waals surface area contributed by atoms with Gasteiger partial charge in [0.2, 0.25) is 21.8 Å². The Labute approximate surface area is 244 Å². The number of benzene rings is 3. The molecule has 3 aromatic rings. The molecule has 0 radical (unpaired) electrons. The maximum absolute atomic E-state index is 14.0. The quantitative estimate of drug-likeness (QED) is 0.294. The highest BCUT2D eigenvalue weighted by Gasteiger charge is 2.33. The molecule has 0 heterocycles. The number of sulfonamides is 1. The summed E-state index contributed by atoms with van der Waals surface area (Å²) in [5.41, 5.74) is 1.95. The van der Waals surface area contributed by atoms with E-state index < -0.39 is 28.5 Å². The number of rotatable bonds is 12. The van der Waals surface area contributed by atoms with E-state index in [4.69, 9.17) is 11.6 Å². The zero-order chi connectivity index (χ0) is 28.6.